The van der Waals surface area contributed by atoms with Gasteiger partial charge in [-0.25, -0.2) is 0 Å². The van der Waals surface area contributed by atoms with E-state index in [0.29, 0.717) is 0 Å². The molecule has 0 aliphatic carbocycles. The third-order valence-electron chi connectivity index (χ3n) is 3.21. The summed E-state index contributed by atoms with van der Waals surface area (Å²) in [5.74, 6) is 1.83. The second-order valence-electron chi connectivity index (χ2n) is 4.65. The van der Waals surface area contributed by atoms with E-state index in [1.807, 2.05) is 35.9 Å². The quantitative estimate of drug-likeness (QED) is 0.758. The Morgan fingerprint density at radius 1 is 1.43 bits per heavy atom. The van der Waals surface area contributed by atoms with Crippen LogP contribution in [0.5, 0.6) is 0 Å². The van der Waals surface area contributed by atoms with Gasteiger partial charge in [0.25, 0.3) is 0 Å². The normalized spacial score (nSPS) is 12.7. The molecule has 3 aromatic heterocycles. The van der Waals surface area contributed by atoms with Gasteiger partial charge in [-0.05, 0) is 24.3 Å². The lowest BCUT2D eigenvalue weighted by Gasteiger charge is -2.15. The third-order valence-corrected chi connectivity index (χ3v) is 4.50. The number of thiophene rings is 1. The van der Waals surface area contributed by atoms with Crippen LogP contribution in [0.25, 0.3) is 0 Å². The molecule has 0 spiro atoms. The Morgan fingerprint density at radius 3 is 2.95 bits per heavy atom. The molecule has 3 aromatic rings. The molecule has 0 saturated heterocycles. The molecule has 0 aliphatic rings. The number of nitrogens with one attached hydrogen (secondary N) is 1. The fourth-order valence-corrected chi connectivity index (χ4v) is 3.29. The summed E-state index contributed by atoms with van der Waals surface area (Å²) in [6, 6.07) is 7.79. The first-order chi connectivity index (χ1) is 10.2. The van der Waals surface area contributed by atoms with Crippen LogP contribution in [0, 0.1) is 0 Å². The van der Waals surface area contributed by atoms with Gasteiger partial charge in [0.1, 0.15) is 24.0 Å². The third kappa shape index (κ3) is 3.34. The molecule has 1 N–H and O–H groups in total. The van der Waals surface area contributed by atoms with Crippen LogP contribution in [0.4, 0.5) is 0 Å². The number of nitrogens with zero attached hydrogens (tertiary/aromatic N) is 3. The van der Waals surface area contributed by atoms with Crippen LogP contribution >= 0.6 is 22.9 Å². The molecule has 3 rings (SSSR count). The zero-order valence-electron chi connectivity index (χ0n) is 11.5. The van der Waals surface area contributed by atoms with Crippen LogP contribution in [0.1, 0.15) is 22.5 Å². The summed E-state index contributed by atoms with van der Waals surface area (Å²) in [6.45, 7) is 0.771. The Kier molecular flexibility index (Phi) is 4.38. The van der Waals surface area contributed by atoms with Crippen molar-refractivity contribution in [3.63, 3.8) is 0 Å². The van der Waals surface area contributed by atoms with Crippen molar-refractivity contribution in [2.45, 2.75) is 12.5 Å². The monoisotopic (exact) mass is 322 g/mol. The molecule has 1 atom stereocenters. The van der Waals surface area contributed by atoms with Crippen molar-refractivity contribution in [1.29, 1.82) is 0 Å². The minimum atomic E-state index is 0.00530. The van der Waals surface area contributed by atoms with E-state index in [9.17, 15) is 0 Å². The van der Waals surface area contributed by atoms with Crippen LogP contribution in [0.3, 0.4) is 0 Å². The SMILES string of the molecule is Cn1cnnc1CCNC(c1ccco1)c1ccc(Cl)s1. The molecule has 0 radical (unpaired) electrons. The predicted octanol–water partition coefficient (Wildman–Crippen LogP) is 3.04. The van der Waals surface area contributed by atoms with Crippen molar-refractivity contribution in [2.24, 2.45) is 7.05 Å². The van der Waals surface area contributed by atoms with Crippen molar-refractivity contribution in [1.82, 2.24) is 20.1 Å². The smallest absolute Gasteiger partial charge is 0.133 e. The highest BCUT2D eigenvalue weighted by Gasteiger charge is 2.18. The number of aryl methyl sites for hydroxylation is 1. The molecule has 0 bridgehead atoms. The van der Waals surface area contributed by atoms with E-state index < -0.39 is 0 Å². The second kappa shape index (κ2) is 6.43. The maximum atomic E-state index is 6.04. The van der Waals surface area contributed by atoms with Gasteiger partial charge in [0.15, 0.2) is 0 Å². The fourth-order valence-electron chi connectivity index (χ4n) is 2.14. The minimum Gasteiger partial charge on any atom is -0.467 e. The molecule has 0 fully saturated rings. The van der Waals surface area contributed by atoms with E-state index in [0.717, 1.165) is 33.8 Å². The highest BCUT2D eigenvalue weighted by atomic mass is 35.5. The fraction of sp³-hybridized carbons (Fsp3) is 0.286. The van der Waals surface area contributed by atoms with E-state index in [4.69, 9.17) is 16.0 Å². The summed E-state index contributed by atoms with van der Waals surface area (Å²) in [5.41, 5.74) is 0. The molecular formula is C14H15ClN4OS. The maximum Gasteiger partial charge on any atom is 0.133 e. The first-order valence-corrected chi connectivity index (χ1v) is 7.78. The Labute approximate surface area is 131 Å². The highest BCUT2D eigenvalue weighted by Crippen LogP contribution is 2.31. The van der Waals surface area contributed by atoms with Gasteiger partial charge in [-0.2, -0.15) is 0 Å². The van der Waals surface area contributed by atoms with Gasteiger partial charge in [-0.1, -0.05) is 11.6 Å². The standard InChI is InChI=1S/C14H15ClN4OS/c1-19-9-17-18-13(19)6-7-16-14(10-3-2-8-20-10)11-4-5-12(15)21-11/h2-5,8-9,14,16H,6-7H2,1H3. The van der Waals surface area contributed by atoms with E-state index in [1.165, 1.54) is 0 Å². The first kappa shape index (κ1) is 14.3. The van der Waals surface area contributed by atoms with Gasteiger partial charge in [0.2, 0.25) is 0 Å². The van der Waals surface area contributed by atoms with Crippen LogP contribution < -0.4 is 5.32 Å². The average molecular weight is 323 g/mol. The van der Waals surface area contributed by atoms with Crippen molar-refractivity contribution >= 4 is 22.9 Å². The number of furan rings is 1. The van der Waals surface area contributed by atoms with Gasteiger partial charge in [-0.3, -0.25) is 0 Å². The molecule has 21 heavy (non-hydrogen) atoms. The number of hydrogen-bond donors (Lipinski definition) is 1. The molecule has 1 unspecified atom stereocenters. The zero-order valence-corrected chi connectivity index (χ0v) is 13.1. The molecule has 0 aromatic carbocycles. The summed E-state index contributed by atoms with van der Waals surface area (Å²) >= 11 is 7.60. The topological polar surface area (TPSA) is 55.9 Å². The van der Waals surface area contributed by atoms with E-state index >= 15 is 0 Å². The van der Waals surface area contributed by atoms with Crippen molar-refractivity contribution in [3.05, 3.63) is 57.7 Å². The molecule has 5 nitrogen and oxygen atoms in total. The summed E-state index contributed by atoms with van der Waals surface area (Å²) < 4.78 is 8.24. The molecule has 0 saturated carbocycles. The lowest BCUT2D eigenvalue weighted by molar-refractivity contribution is 0.449. The van der Waals surface area contributed by atoms with Gasteiger partial charge >= 0.3 is 0 Å². The maximum absolute atomic E-state index is 6.04. The number of halogens is 1. The Balaban J connectivity index is 1.70. The van der Waals surface area contributed by atoms with Gasteiger partial charge < -0.3 is 14.3 Å². The van der Waals surface area contributed by atoms with Crippen molar-refractivity contribution in [2.75, 3.05) is 6.54 Å². The van der Waals surface area contributed by atoms with Crippen LogP contribution in [0.2, 0.25) is 4.34 Å². The van der Waals surface area contributed by atoms with E-state index in [2.05, 4.69) is 15.5 Å². The largest absolute Gasteiger partial charge is 0.467 e. The van der Waals surface area contributed by atoms with Gasteiger partial charge in [-0.15, -0.1) is 21.5 Å². The molecular weight excluding hydrogens is 308 g/mol. The van der Waals surface area contributed by atoms with E-state index in [-0.39, 0.29) is 6.04 Å². The first-order valence-electron chi connectivity index (χ1n) is 6.59. The summed E-state index contributed by atoms with van der Waals surface area (Å²) in [7, 11) is 1.94. The zero-order chi connectivity index (χ0) is 14.7. The second-order valence-corrected chi connectivity index (χ2v) is 6.40. The van der Waals surface area contributed by atoms with Crippen molar-refractivity contribution < 1.29 is 4.42 Å². The molecule has 3 heterocycles. The van der Waals surface area contributed by atoms with Crippen LogP contribution in [0.15, 0.2) is 41.3 Å². The number of rotatable bonds is 6. The lowest BCUT2D eigenvalue weighted by atomic mass is 10.2. The number of hydrogen-bond acceptors (Lipinski definition) is 5. The number of aromatic nitrogens is 3. The average Bonchev–Trinajstić information content (AvgIpc) is 3.18. The molecule has 7 heteroatoms. The Hall–Kier alpha value is -1.63. The van der Waals surface area contributed by atoms with Crippen LogP contribution in [-0.2, 0) is 13.5 Å². The minimum absolute atomic E-state index is 0.00530. The highest BCUT2D eigenvalue weighted by molar-refractivity contribution is 7.16. The van der Waals surface area contributed by atoms with E-state index in [1.54, 1.807) is 23.9 Å². The van der Waals surface area contributed by atoms with Gasteiger partial charge in [0.05, 0.1) is 10.6 Å². The Morgan fingerprint density at radius 2 is 2.33 bits per heavy atom. The summed E-state index contributed by atoms with van der Waals surface area (Å²) in [6.07, 6.45) is 4.19. The van der Waals surface area contributed by atoms with Crippen molar-refractivity contribution in [3.8, 4) is 0 Å². The lowest BCUT2D eigenvalue weighted by Crippen LogP contribution is -2.24. The molecule has 0 amide bonds. The summed E-state index contributed by atoms with van der Waals surface area (Å²) in [5, 5.41) is 11.5. The molecule has 0 aliphatic heterocycles. The van der Waals surface area contributed by atoms with Crippen LogP contribution in [-0.4, -0.2) is 21.3 Å². The predicted molar refractivity (Wildman–Crippen MR) is 82.6 cm³/mol. The van der Waals surface area contributed by atoms with Gasteiger partial charge in [0, 0.05) is 24.9 Å². The summed E-state index contributed by atoms with van der Waals surface area (Å²) in [4.78, 5) is 1.13. The molecule has 110 valence electrons. The Bertz CT molecular complexity index is 691.